The van der Waals surface area contributed by atoms with E-state index in [1.165, 1.54) is 4.31 Å². The Morgan fingerprint density at radius 3 is 2.56 bits per heavy atom. The number of aryl methyl sites for hydroxylation is 1. The van der Waals surface area contributed by atoms with Gasteiger partial charge in [-0.3, -0.25) is 20.4 Å². The number of hydrogen-bond donors (Lipinski definition) is 2. The van der Waals surface area contributed by atoms with E-state index >= 15 is 0 Å². The summed E-state index contributed by atoms with van der Waals surface area (Å²) in [6.07, 6.45) is 1.16. The first-order valence-electron chi connectivity index (χ1n) is 8.58. The molecule has 1 atom stereocenters. The van der Waals surface area contributed by atoms with E-state index in [2.05, 4.69) is 10.9 Å². The monoisotopic (exact) mass is 407 g/mol. The number of carbonyl (C=O) groups is 2. The smallest absolute Gasteiger partial charge is 0.269 e. The van der Waals surface area contributed by atoms with Crippen molar-refractivity contribution in [2.45, 2.75) is 24.0 Å². The highest BCUT2D eigenvalue weighted by atomic mass is 32.2. The Kier molecular flexibility index (Phi) is 5.93. The summed E-state index contributed by atoms with van der Waals surface area (Å²) in [6.45, 7) is 2.41. The van der Waals surface area contributed by atoms with Gasteiger partial charge in [0.2, 0.25) is 5.91 Å². The molecule has 0 radical (unpaired) electrons. The van der Waals surface area contributed by atoms with Gasteiger partial charge >= 0.3 is 0 Å². The number of rotatable bonds is 4. The van der Waals surface area contributed by atoms with Gasteiger partial charge < -0.3 is 0 Å². The summed E-state index contributed by atoms with van der Waals surface area (Å²) in [5, 5.41) is 1.71. The number of piperidine rings is 1. The summed E-state index contributed by atoms with van der Waals surface area (Å²) in [5.41, 5.74) is 6.28. The largest absolute Gasteiger partial charge is 0.273 e. The molecule has 2 amide bonds. The highest BCUT2D eigenvalue weighted by Gasteiger charge is 2.33. The highest BCUT2D eigenvalue weighted by Crippen LogP contribution is 2.26. The third kappa shape index (κ3) is 4.55. The van der Waals surface area contributed by atoms with E-state index in [0.717, 1.165) is 16.9 Å². The fourth-order valence-electron chi connectivity index (χ4n) is 2.91. The van der Waals surface area contributed by atoms with E-state index in [9.17, 15) is 18.0 Å². The van der Waals surface area contributed by atoms with Crippen molar-refractivity contribution in [3.05, 3.63) is 52.9 Å². The fourth-order valence-corrected chi connectivity index (χ4v) is 5.58. The van der Waals surface area contributed by atoms with E-state index in [4.69, 9.17) is 0 Å². The first kappa shape index (κ1) is 19.5. The van der Waals surface area contributed by atoms with E-state index in [0.29, 0.717) is 24.9 Å². The summed E-state index contributed by atoms with van der Waals surface area (Å²) in [4.78, 5) is 24.5. The lowest BCUT2D eigenvalue weighted by atomic mass is 9.99. The lowest BCUT2D eigenvalue weighted by Crippen LogP contribution is -2.49. The van der Waals surface area contributed by atoms with Crippen LogP contribution in [0, 0.1) is 12.8 Å². The molecule has 0 aliphatic carbocycles. The van der Waals surface area contributed by atoms with Gasteiger partial charge in [0.1, 0.15) is 4.21 Å². The maximum atomic E-state index is 12.6. The van der Waals surface area contributed by atoms with Gasteiger partial charge in [-0.1, -0.05) is 23.8 Å². The van der Waals surface area contributed by atoms with Crippen molar-refractivity contribution >= 4 is 33.2 Å². The van der Waals surface area contributed by atoms with Gasteiger partial charge in [-0.15, -0.1) is 11.3 Å². The van der Waals surface area contributed by atoms with Gasteiger partial charge in [0.25, 0.3) is 15.9 Å². The van der Waals surface area contributed by atoms with Crippen LogP contribution in [0.15, 0.2) is 46.0 Å². The summed E-state index contributed by atoms with van der Waals surface area (Å²) in [5.74, 6) is -1.31. The minimum absolute atomic E-state index is 0.104. The normalized spacial score (nSPS) is 18.0. The van der Waals surface area contributed by atoms with Crippen LogP contribution >= 0.6 is 11.3 Å². The molecule has 0 spiro atoms. The predicted molar refractivity (Wildman–Crippen MR) is 103 cm³/mol. The zero-order valence-electron chi connectivity index (χ0n) is 14.8. The molecular formula is C18H21N3O4S2. The average Bonchev–Trinajstić information content (AvgIpc) is 3.22. The quantitative estimate of drug-likeness (QED) is 0.757. The molecule has 2 N–H and O–H groups in total. The second-order valence-electron chi connectivity index (χ2n) is 6.44. The van der Waals surface area contributed by atoms with Crippen LogP contribution in [0.3, 0.4) is 0 Å². The van der Waals surface area contributed by atoms with Crippen LogP contribution in [0.5, 0.6) is 0 Å². The summed E-state index contributed by atoms with van der Waals surface area (Å²) < 4.78 is 26.9. The second-order valence-corrected chi connectivity index (χ2v) is 9.56. The Morgan fingerprint density at radius 1 is 1.15 bits per heavy atom. The van der Waals surface area contributed by atoms with Crippen LogP contribution in [-0.2, 0) is 14.8 Å². The number of sulfonamides is 1. The minimum atomic E-state index is -3.58. The number of amides is 2. The standard InChI is InChI=1S/C18H21N3O4S2/c1-13-6-8-14(9-7-13)17(22)19-20-18(23)15-4-2-10-21(12-15)27(24,25)16-5-3-11-26-16/h3,5-9,11,15H,2,4,10,12H2,1H3,(H,19,22)(H,20,23). The van der Waals surface area contributed by atoms with Crippen molar-refractivity contribution in [1.82, 2.24) is 15.2 Å². The minimum Gasteiger partial charge on any atom is -0.273 e. The lowest BCUT2D eigenvalue weighted by molar-refractivity contribution is -0.126. The maximum absolute atomic E-state index is 12.6. The SMILES string of the molecule is Cc1ccc(C(=O)NNC(=O)C2CCCN(S(=O)(=O)c3cccs3)C2)cc1. The van der Waals surface area contributed by atoms with Crippen molar-refractivity contribution in [3.8, 4) is 0 Å². The van der Waals surface area contributed by atoms with Crippen LogP contribution in [0.25, 0.3) is 0 Å². The Balaban J connectivity index is 1.58. The molecule has 1 saturated heterocycles. The van der Waals surface area contributed by atoms with Gasteiger partial charge in [0, 0.05) is 18.7 Å². The van der Waals surface area contributed by atoms with Crippen LogP contribution in [0.1, 0.15) is 28.8 Å². The van der Waals surface area contributed by atoms with E-state index < -0.39 is 21.8 Å². The topological polar surface area (TPSA) is 95.6 Å². The summed E-state index contributed by atoms with van der Waals surface area (Å²) in [7, 11) is -3.58. The zero-order valence-corrected chi connectivity index (χ0v) is 16.5. The average molecular weight is 408 g/mol. The molecule has 9 heteroatoms. The summed E-state index contributed by atoms with van der Waals surface area (Å²) >= 11 is 1.16. The molecule has 0 saturated carbocycles. The molecule has 0 bridgehead atoms. The van der Waals surface area contributed by atoms with E-state index in [1.807, 2.05) is 19.1 Å². The van der Waals surface area contributed by atoms with Gasteiger partial charge in [-0.25, -0.2) is 8.42 Å². The van der Waals surface area contributed by atoms with Crippen molar-refractivity contribution in [3.63, 3.8) is 0 Å². The fraction of sp³-hybridized carbons (Fsp3) is 0.333. The van der Waals surface area contributed by atoms with Crippen LogP contribution < -0.4 is 10.9 Å². The van der Waals surface area contributed by atoms with Crippen molar-refractivity contribution in [2.75, 3.05) is 13.1 Å². The van der Waals surface area contributed by atoms with Crippen LogP contribution in [0.2, 0.25) is 0 Å². The van der Waals surface area contributed by atoms with Crippen LogP contribution in [-0.4, -0.2) is 37.6 Å². The van der Waals surface area contributed by atoms with E-state index in [1.54, 1.807) is 29.6 Å². The molecule has 7 nitrogen and oxygen atoms in total. The number of hydrazine groups is 1. The van der Waals surface area contributed by atoms with E-state index in [-0.39, 0.29) is 16.7 Å². The third-order valence-electron chi connectivity index (χ3n) is 4.46. The van der Waals surface area contributed by atoms with Crippen molar-refractivity contribution in [1.29, 1.82) is 0 Å². The Bertz CT molecular complexity index is 909. The molecule has 1 fully saturated rings. The molecule has 144 valence electrons. The second kappa shape index (κ2) is 8.20. The van der Waals surface area contributed by atoms with Crippen molar-refractivity contribution < 1.29 is 18.0 Å². The first-order valence-corrected chi connectivity index (χ1v) is 10.9. The number of thiophene rings is 1. The van der Waals surface area contributed by atoms with Crippen molar-refractivity contribution in [2.24, 2.45) is 5.92 Å². The Hall–Kier alpha value is -2.23. The molecule has 1 unspecified atom stereocenters. The van der Waals surface area contributed by atoms with Gasteiger partial charge in [-0.2, -0.15) is 4.31 Å². The molecule has 1 aliphatic heterocycles. The predicted octanol–water partition coefficient (Wildman–Crippen LogP) is 1.92. The van der Waals surface area contributed by atoms with Gasteiger partial charge in [0.15, 0.2) is 0 Å². The Labute approximate surface area is 162 Å². The molecule has 27 heavy (non-hydrogen) atoms. The molecule has 1 aliphatic rings. The lowest BCUT2D eigenvalue weighted by Gasteiger charge is -2.30. The highest BCUT2D eigenvalue weighted by molar-refractivity contribution is 7.91. The van der Waals surface area contributed by atoms with Crippen LogP contribution in [0.4, 0.5) is 0 Å². The number of nitrogens with one attached hydrogen (secondary N) is 2. The first-order chi connectivity index (χ1) is 12.9. The molecule has 1 aromatic carbocycles. The Morgan fingerprint density at radius 2 is 1.89 bits per heavy atom. The summed E-state index contributed by atoms with van der Waals surface area (Å²) in [6, 6.07) is 10.2. The van der Waals surface area contributed by atoms with Gasteiger partial charge in [0.05, 0.1) is 5.92 Å². The van der Waals surface area contributed by atoms with Gasteiger partial charge in [-0.05, 0) is 43.3 Å². The number of carbonyl (C=O) groups excluding carboxylic acids is 2. The number of nitrogens with zero attached hydrogens (tertiary/aromatic N) is 1. The molecule has 1 aromatic heterocycles. The number of hydrogen-bond acceptors (Lipinski definition) is 5. The molecule has 2 aromatic rings. The molecular weight excluding hydrogens is 386 g/mol. The zero-order chi connectivity index (χ0) is 19.4. The number of benzene rings is 1. The maximum Gasteiger partial charge on any atom is 0.269 e. The molecule has 2 heterocycles. The third-order valence-corrected chi connectivity index (χ3v) is 7.70. The molecule has 3 rings (SSSR count).